The molecule has 1 aromatic rings. The van der Waals surface area contributed by atoms with E-state index in [2.05, 4.69) is 4.74 Å². The van der Waals surface area contributed by atoms with Crippen molar-refractivity contribution in [3.05, 3.63) is 42.0 Å². The van der Waals surface area contributed by atoms with Gasteiger partial charge in [-0.25, -0.2) is 4.79 Å². The van der Waals surface area contributed by atoms with Crippen LogP contribution in [0.1, 0.15) is 12.5 Å². The molecule has 0 aliphatic heterocycles. The van der Waals surface area contributed by atoms with Gasteiger partial charge in [0.25, 0.3) is 5.78 Å². The van der Waals surface area contributed by atoms with E-state index in [1.54, 1.807) is 37.3 Å². The molecule has 84 valence electrons. The molecular weight excluding hydrogens is 208 g/mol. The molecule has 0 aliphatic rings. The number of rotatable bonds is 4. The Morgan fingerprint density at radius 2 is 1.94 bits per heavy atom. The van der Waals surface area contributed by atoms with Gasteiger partial charge in [-0.15, -0.1) is 0 Å². The van der Waals surface area contributed by atoms with Crippen LogP contribution in [0.2, 0.25) is 0 Å². The van der Waals surface area contributed by atoms with Gasteiger partial charge in [-0.2, -0.15) is 0 Å². The van der Waals surface area contributed by atoms with Gasteiger partial charge in [0.2, 0.25) is 0 Å². The Balaban J connectivity index is 2.78. The van der Waals surface area contributed by atoms with Gasteiger partial charge in [-0.3, -0.25) is 4.79 Å². The number of hydrogen-bond donors (Lipinski definition) is 0. The Hall–Kier alpha value is -2.10. The number of carbonyl (C=O) groups is 2. The van der Waals surface area contributed by atoms with Crippen molar-refractivity contribution in [1.82, 2.24) is 0 Å². The van der Waals surface area contributed by atoms with Crippen LogP contribution in [0, 0.1) is 0 Å². The first kappa shape index (κ1) is 12.0. The van der Waals surface area contributed by atoms with E-state index >= 15 is 0 Å². The smallest absolute Gasteiger partial charge is 0.378 e. The third-order valence-corrected chi connectivity index (χ3v) is 1.80. The maximum atomic E-state index is 11.5. The van der Waals surface area contributed by atoms with Crippen LogP contribution >= 0.6 is 0 Å². The number of carbonyl (C=O) groups excluding carboxylic acids is 2. The molecule has 0 radical (unpaired) electrons. The molecule has 0 heterocycles. The summed E-state index contributed by atoms with van der Waals surface area (Å²) in [7, 11) is 0. The lowest BCUT2D eigenvalue weighted by Gasteiger charge is -2.10. The van der Waals surface area contributed by atoms with Crippen LogP contribution in [0.15, 0.2) is 36.4 Å². The maximum absolute atomic E-state index is 11.5. The number of hydrogen-bond acceptors (Lipinski definition) is 4. The van der Waals surface area contributed by atoms with Crippen molar-refractivity contribution in [3.63, 3.8) is 0 Å². The topological polar surface area (TPSA) is 66.4 Å². The highest BCUT2D eigenvalue weighted by Crippen LogP contribution is 2.07. The highest BCUT2D eigenvalue weighted by molar-refractivity contribution is 6.39. The number of ether oxygens (including phenoxy) is 1. The van der Waals surface area contributed by atoms with Crippen molar-refractivity contribution in [2.45, 2.75) is 6.92 Å². The molecule has 4 heteroatoms. The van der Waals surface area contributed by atoms with Gasteiger partial charge in [-0.05, 0) is 18.6 Å². The van der Waals surface area contributed by atoms with Crippen LogP contribution < -0.4 is 5.11 Å². The van der Waals surface area contributed by atoms with E-state index in [4.69, 9.17) is 0 Å². The van der Waals surface area contributed by atoms with Crippen molar-refractivity contribution in [1.29, 1.82) is 0 Å². The number of benzene rings is 1. The first-order valence-corrected chi connectivity index (χ1v) is 4.80. The molecule has 0 aliphatic carbocycles. The summed E-state index contributed by atoms with van der Waals surface area (Å²) in [4.78, 5) is 22.1. The average Bonchev–Trinajstić information content (AvgIpc) is 2.30. The summed E-state index contributed by atoms with van der Waals surface area (Å²) in [5, 5.41) is 11.5. The normalized spacial score (nSPS) is 10.9. The number of ketones is 1. The maximum Gasteiger partial charge on any atom is 0.378 e. The van der Waals surface area contributed by atoms with E-state index in [-0.39, 0.29) is 6.61 Å². The Morgan fingerprint density at radius 3 is 2.50 bits per heavy atom. The van der Waals surface area contributed by atoms with Crippen LogP contribution in [-0.4, -0.2) is 18.4 Å². The predicted octanol–water partition coefficient (Wildman–Crippen LogP) is 0.520. The SMILES string of the molecule is CCOC(=O)C(=O)/C=C(\[O-])c1ccccc1. The lowest BCUT2D eigenvalue weighted by atomic mass is 10.1. The monoisotopic (exact) mass is 219 g/mol. The molecule has 0 spiro atoms. The second-order valence-electron chi connectivity index (χ2n) is 2.96. The molecule has 0 saturated heterocycles. The van der Waals surface area contributed by atoms with E-state index in [1.807, 2.05) is 0 Å². The van der Waals surface area contributed by atoms with Gasteiger partial charge in [0.15, 0.2) is 0 Å². The standard InChI is InChI=1S/C12H12O4/c1-2-16-12(15)11(14)8-10(13)9-6-4-3-5-7-9/h3-8,13H,2H2,1H3/p-1/b10-8-. The zero-order valence-electron chi connectivity index (χ0n) is 8.80. The van der Waals surface area contributed by atoms with Gasteiger partial charge in [0.05, 0.1) is 6.61 Å². The largest absolute Gasteiger partial charge is 0.872 e. The minimum absolute atomic E-state index is 0.109. The molecule has 0 N–H and O–H groups in total. The summed E-state index contributed by atoms with van der Waals surface area (Å²) < 4.78 is 4.47. The average molecular weight is 219 g/mol. The number of esters is 1. The van der Waals surface area contributed by atoms with E-state index in [1.165, 1.54) is 0 Å². The molecule has 1 rings (SSSR count). The van der Waals surface area contributed by atoms with E-state index in [9.17, 15) is 14.7 Å². The highest BCUT2D eigenvalue weighted by Gasteiger charge is 2.10. The molecule has 0 unspecified atom stereocenters. The minimum Gasteiger partial charge on any atom is -0.872 e. The third-order valence-electron chi connectivity index (χ3n) is 1.80. The fraction of sp³-hybridized carbons (Fsp3) is 0.167. The van der Waals surface area contributed by atoms with Crippen molar-refractivity contribution < 1.29 is 19.4 Å². The van der Waals surface area contributed by atoms with Crippen molar-refractivity contribution in [2.75, 3.05) is 6.61 Å². The predicted molar refractivity (Wildman–Crippen MR) is 56.1 cm³/mol. The molecule has 0 atom stereocenters. The zero-order chi connectivity index (χ0) is 12.0. The molecule has 0 saturated carbocycles. The molecule has 0 aromatic heterocycles. The first-order valence-electron chi connectivity index (χ1n) is 4.80. The summed E-state index contributed by atoms with van der Waals surface area (Å²) in [5.41, 5.74) is 0.361. The van der Waals surface area contributed by atoms with Crippen LogP contribution in [0.5, 0.6) is 0 Å². The van der Waals surface area contributed by atoms with Gasteiger partial charge in [0, 0.05) is 0 Å². The van der Waals surface area contributed by atoms with Gasteiger partial charge < -0.3 is 9.84 Å². The van der Waals surface area contributed by atoms with Crippen LogP contribution in [-0.2, 0) is 14.3 Å². The summed E-state index contributed by atoms with van der Waals surface area (Å²) in [5.74, 6) is -2.44. The first-order chi connectivity index (χ1) is 7.65. The second-order valence-corrected chi connectivity index (χ2v) is 2.96. The van der Waals surface area contributed by atoms with E-state index in [0.717, 1.165) is 6.08 Å². The molecule has 0 bridgehead atoms. The molecule has 0 amide bonds. The van der Waals surface area contributed by atoms with Crippen molar-refractivity contribution in [2.24, 2.45) is 0 Å². The third kappa shape index (κ3) is 3.24. The van der Waals surface area contributed by atoms with Gasteiger partial charge in [-0.1, -0.05) is 36.1 Å². The van der Waals surface area contributed by atoms with E-state index < -0.39 is 17.5 Å². The van der Waals surface area contributed by atoms with E-state index in [0.29, 0.717) is 5.56 Å². The lowest BCUT2D eigenvalue weighted by molar-refractivity contribution is -0.243. The van der Waals surface area contributed by atoms with Gasteiger partial charge >= 0.3 is 5.97 Å². The fourth-order valence-electron chi connectivity index (χ4n) is 1.07. The second kappa shape index (κ2) is 5.70. The Kier molecular flexibility index (Phi) is 4.27. The van der Waals surface area contributed by atoms with Crippen molar-refractivity contribution in [3.8, 4) is 0 Å². The fourth-order valence-corrected chi connectivity index (χ4v) is 1.07. The Morgan fingerprint density at radius 1 is 1.31 bits per heavy atom. The summed E-state index contributed by atoms with van der Waals surface area (Å²) >= 11 is 0. The molecule has 1 aromatic carbocycles. The highest BCUT2D eigenvalue weighted by atomic mass is 16.5. The lowest BCUT2D eigenvalue weighted by Crippen LogP contribution is -2.17. The zero-order valence-corrected chi connectivity index (χ0v) is 8.80. The molecule has 16 heavy (non-hydrogen) atoms. The van der Waals surface area contributed by atoms with Gasteiger partial charge in [0.1, 0.15) is 0 Å². The molecular formula is C12H11O4-. The molecule has 4 nitrogen and oxygen atoms in total. The Bertz CT molecular complexity index is 406. The summed E-state index contributed by atoms with van der Waals surface area (Å²) in [6, 6.07) is 8.24. The van der Waals surface area contributed by atoms with Crippen LogP contribution in [0.25, 0.3) is 5.76 Å². The molecule has 0 fully saturated rings. The minimum atomic E-state index is -1.01. The summed E-state index contributed by atoms with van der Waals surface area (Å²) in [6.45, 7) is 1.70. The van der Waals surface area contributed by atoms with Crippen LogP contribution in [0.3, 0.4) is 0 Å². The summed E-state index contributed by atoms with van der Waals surface area (Å²) in [6.07, 6.45) is 0.743. The van der Waals surface area contributed by atoms with Crippen LogP contribution in [0.4, 0.5) is 0 Å². The van der Waals surface area contributed by atoms with Crippen molar-refractivity contribution >= 4 is 17.5 Å². The quantitative estimate of drug-likeness (QED) is 0.320. The Labute approximate surface area is 93.2 Å².